The number of benzene rings is 1. The lowest BCUT2D eigenvalue weighted by molar-refractivity contribution is -0.117. The Balaban J connectivity index is 1.30. The maximum atomic E-state index is 13.0. The van der Waals surface area contributed by atoms with Crippen LogP contribution in [-0.4, -0.2) is 27.9 Å². The zero-order chi connectivity index (χ0) is 22.2. The van der Waals surface area contributed by atoms with Gasteiger partial charge in [0, 0.05) is 36.5 Å². The molecule has 1 aliphatic heterocycles. The Morgan fingerprint density at radius 3 is 2.81 bits per heavy atom. The number of anilines is 2. The molecule has 1 aromatic carbocycles. The molecule has 9 heteroatoms. The summed E-state index contributed by atoms with van der Waals surface area (Å²) in [6.45, 7) is 0.901. The van der Waals surface area contributed by atoms with Crippen molar-refractivity contribution in [1.82, 2.24) is 9.55 Å². The average molecular weight is 471 g/mol. The number of fused-ring (bicyclic) bond motifs is 3. The minimum absolute atomic E-state index is 0.0717. The highest BCUT2D eigenvalue weighted by molar-refractivity contribution is 7.18. The fraction of sp³-hybridized carbons (Fsp3) is 0.391. The Morgan fingerprint density at radius 1 is 1.16 bits per heavy atom. The number of aromatic nitrogens is 2. The van der Waals surface area contributed by atoms with E-state index in [0.29, 0.717) is 23.7 Å². The molecule has 0 radical (unpaired) electrons. The molecule has 2 aromatic heterocycles. The zero-order valence-electron chi connectivity index (χ0n) is 17.5. The number of halogens is 1. The molecule has 0 atom stereocenters. The van der Waals surface area contributed by atoms with E-state index >= 15 is 0 Å². The topological polar surface area (TPSA) is 84.3 Å². The van der Waals surface area contributed by atoms with Crippen LogP contribution in [0.4, 0.5) is 11.4 Å². The summed E-state index contributed by atoms with van der Waals surface area (Å²) in [7, 11) is 0. The van der Waals surface area contributed by atoms with Gasteiger partial charge in [-0.1, -0.05) is 11.6 Å². The van der Waals surface area contributed by atoms with Crippen LogP contribution in [0.1, 0.15) is 42.5 Å². The highest BCUT2D eigenvalue weighted by atomic mass is 35.5. The van der Waals surface area contributed by atoms with Crippen molar-refractivity contribution in [3.8, 4) is 0 Å². The number of rotatable bonds is 5. The van der Waals surface area contributed by atoms with E-state index in [2.05, 4.69) is 10.3 Å². The normalized spacial score (nSPS) is 15.9. The summed E-state index contributed by atoms with van der Waals surface area (Å²) in [6.07, 6.45) is 7.19. The number of hydrogen-bond donors (Lipinski definition) is 1. The Bertz CT molecular complexity index is 1280. The molecular formula is C23H23ClN4O3S. The van der Waals surface area contributed by atoms with E-state index in [1.165, 1.54) is 15.8 Å². The van der Waals surface area contributed by atoms with Crippen LogP contribution in [0.15, 0.2) is 29.3 Å². The molecule has 32 heavy (non-hydrogen) atoms. The van der Waals surface area contributed by atoms with Gasteiger partial charge in [-0.2, -0.15) is 0 Å². The first-order chi connectivity index (χ1) is 15.5. The van der Waals surface area contributed by atoms with Crippen LogP contribution in [0.2, 0.25) is 5.02 Å². The van der Waals surface area contributed by atoms with Crippen LogP contribution in [0.5, 0.6) is 0 Å². The summed E-state index contributed by atoms with van der Waals surface area (Å²) in [5, 5.41) is 3.94. The summed E-state index contributed by atoms with van der Waals surface area (Å²) >= 11 is 7.88. The third kappa shape index (κ3) is 3.93. The van der Waals surface area contributed by atoms with E-state index in [1.54, 1.807) is 34.4 Å². The molecule has 1 N–H and O–H groups in total. The molecule has 3 heterocycles. The molecule has 7 nitrogen and oxygen atoms in total. The lowest BCUT2D eigenvalue weighted by atomic mass is 9.97. The average Bonchev–Trinajstić information content (AvgIpc) is 3.38. The molecule has 0 unspecified atom stereocenters. The molecule has 0 saturated carbocycles. The van der Waals surface area contributed by atoms with Gasteiger partial charge in [0.1, 0.15) is 4.83 Å². The van der Waals surface area contributed by atoms with Gasteiger partial charge < -0.3 is 10.2 Å². The molecule has 1 aliphatic carbocycles. The van der Waals surface area contributed by atoms with Crippen LogP contribution < -0.4 is 15.8 Å². The van der Waals surface area contributed by atoms with Crippen LogP contribution in [0.3, 0.4) is 0 Å². The highest BCUT2D eigenvalue weighted by Gasteiger charge is 2.23. The van der Waals surface area contributed by atoms with Crippen molar-refractivity contribution >= 4 is 56.3 Å². The van der Waals surface area contributed by atoms with Crippen LogP contribution in [0, 0.1) is 0 Å². The van der Waals surface area contributed by atoms with E-state index in [1.807, 2.05) is 0 Å². The fourth-order valence-corrected chi connectivity index (χ4v) is 5.86. The number of aryl methyl sites for hydroxylation is 3. The summed E-state index contributed by atoms with van der Waals surface area (Å²) in [5.74, 6) is -0.182. The molecule has 1 saturated heterocycles. The monoisotopic (exact) mass is 470 g/mol. The standard InChI is InChI=1S/C23H23ClN4O3S/c24-16-8-7-14(28-10-3-6-20(28)30)12-17(16)26-19(29)9-11-27-13-25-22-21(23(27)31)15-4-1-2-5-18(15)32-22/h7-8,12-13H,1-6,9-11H2,(H,26,29). The van der Waals surface area contributed by atoms with Crippen LogP contribution in [-0.2, 0) is 29.0 Å². The molecule has 166 valence electrons. The predicted octanol–water partition coefficient (Wildman–Crippen LogP) is 4.15. The van der Waals surface area contributed by atoms with Gasteiger partial charge >= 0.3 is 0 Å². The first kappa shape index (κ1) is 21.2. The van der Waals surface area contributed by atoms with E-state index < -0.39 is 0 Å². The van der Waals surface area contributed by atoms with E-state index in [-0.39, 0.29) is 30.3 Å². The summed E-state index contributed by atoms with van der Waals surface area (Å²) < 4.78 is 1.52. The van der Waals surface area contributed by atoms with Gasteiger partial charge in [0.2, 0.25) is 11.8 Å². The van der Waals surface area contributed by atoms with E-state index in [9.17, 15) is 14.4 Å². The predicted molar refractivity (Wildman–Crippen MR) is 127 cm³/mol. The minimum atomic E-state index is -0.254. The molecule has 3 aromatic rings. The van der Waals surface area contributed by atoms with Gasteiger partial charge in [0.05, 0.1) is 22.4 Å². The Labute approximate surface area is 194 Å². The van der Waals surface area contributed by atoms with Gasteiger partial charge in [-0.25, -0.2) is 4.98 Å². The number of nitrogens with zero attached hydrogens (tertiary/aromatic N) is 3. The summed E-state index contributed by atoms with van der Waals surface area (Å²) in [4.78, 5) is 45.9. The van der Waals surface area contributed by atoms with Crippen molar-refractivity contribution in [2.45, 2.75) is 51.5 Å². The van der Waals surface area contributed by atoms with Crippen molar-refractivity contribution in [1.29, 1.82) is 0 Å². The number of nitrogens with one attached hydrogen (secondary N) is 1. The maximum absolute atomic E-state index is 13.0. The Morgan fingerprint density at radius 2 is 2.00 bits per heavy atom. The van der Waals surface area contributed by atoms with Crippen molar-refractivity contribution in [3.05, 3.63) is 50.3 Å². The Kier molecular flexibility index (Phi) is 5.73. The number of carbonyl (C=O) groups excluding carboxylic acids is 2. The number of carbonyl (C=O) groups is 2. The van der Waals surface area contributed by atoms with Gasteiger partial charge in [0.15, 0.2) is 0 Å². The largest absolute Gasteiger partial charge is 0.325 e. The summed E-state index contributed by atoms with van der Waals surface area (Å²) in [6, 6.07) is 5.18. The third-order valence-corrected chi connectivity index (χ3v) is 7.66. The lowest BCUT2D eigenvalue weighted by Crippen LogP contribution is -2.25. The third-order valence-electron chi connectivity index (χ3n) is 6.13. The van der Waals surface area contributed by atoms with Crippen LogP contribution in [0.25, 0.3) is 10.2 Å². The van der Waals surface area contributed by atoms with Crippen molar-refractivity contribution in [2.24, 2.45) is 0 Å². The second kappa shape index (κ2) is 8.67. The molecular weight excluding hydrogens is 448 g/mol. The summed E-state index contributed by atoms with van der Waals surface area (Å²) in [5.41, 5.74) is 2.25. The van der Waals surface area contributed by atoms with Crippen molar-refractivity contribution in [3.63, 3.8) is 0 Å². The maximum Gasteiger partial charge on any atom is 0.262 e. The molecule has 1 fully saturated rings. The van der Waals surface area contributed by atoms with Gasteiger partial charge in [-0.05, 0) is 55.9 Å². The van der Waals surface area contributed by atoms with Crippen LogP contribution >= 0.6 is 22.9 Å². The number of amides is 2. The van der Waals surface area contributed by atoms with Gasteiger partial charge in [0.25, 0.3) is 5.56 Å². The molecule has 0 spiro atoms. The fourth-order valence-electron chi connectivity index (χ4n) is 4.47. The first-order valence-electron chi connectivity index (χ1n) is 10.9. The molecule has 5 rings (SSSR count). The molecule has 2 aliphatic rings. The second-order valence-electron chi connectivity index (χ2n) is 8.25. The SMILES string of the molecule is O=C(CCn1cnc2sc3c(c2c1=O)CCCC3)Nc1cc(N2CCCC2=O)ccc1Cl. The lowest BCUT2D eigenvalue weighted by Gasteiger charge is -2.17. The van der Waals surface area contributed by atoms with Crippen molar-refractivity contribution < 1.29 is 9.59 Å². The molecule has 0 bridgehead atoms. The van der Waals surface area contributed by atoms with E-state index in [0.717, 1.165) is 53.6 Å². The minimum Gasteiger partial charge on any atom is -0.325 e. The van der Waals surface area contributed by atoms with Gasteiger partial charge in [-0.3, -0.25) is 19.0 Å². The number of hydrogen-bond acceptors (Lipinski definition) is 5. The van der Waals surface area contributed by atoms with Gasteiger partial charge in [-0.15, -0.1) is 11.3 Å². The Hall–Kier alpha value is -2.71. The molecule has 2 amide bonds. The smallest absolute Gasteiger partial charge is 0.262 e. The van der Waals surface area contributed by atoms with E-state index in [4.69, 9.17) is 11.6 Å². The first-order valence-corrected chi connectivity index (χ1v) is 12.1. The second-order valence-corrected chi connectivity index (χ2v) is 9.74. The van der Waals surface area contributed by atoms with Crippen molar-refractivity contribution in [2.75, 3.05) is 16.8 Å². The number of thiophene rings is 1. The highest BCUT2D eigenvalue weighted by Crippen LogP contribution is 2.33. The quantitative estimate of drug-likeness (QED) is 0.607. The zero-order valence-corrected chi connectivity index (χ0v) is 19.1.